The van der Waals surface area contributed by atoms with Gasteiger partial charge in [0.05, 0.1) is 12.7 Å². The molecular formula is C14H20BrNO. The standard InChI is InChI=1S/C14H20BrNO/c1-2-16-13-8-5-9-14(13)17-10-11-6-3-4-7-12(11)15/h3-4,6-7,13-14,16H,2,5,8-10H2,1H3. The van der Waals surface area contributed by atoms with E-state index in [-0.39, 0.29) is 0 Å². The first-order chi connectivity index (χ1) is 8.31. The highest BCUT2D eigenvalue weighted by Crippen LogP contribution is 2.24. The Morgan fingerprint density at radius 2 is 2.18 bits per heavy atom. The van der Waals surface area contributed by atoms with Gasteiger partial charge in [-0.15, -0.1) is 0 Å². The SMILES string of the molecule is CCNC1CCCC1OCc1ccccc1Br. The van der Waals surface area contributed by atoms with Crippen molar-refractivity contribution in [3.8, 4) is 0 Å². The lowest BCUT2D eigenvalue weighted by Crippen LogP contribution is -2.37. The summed E-state index contributed by atoms with van der Waals surface area (Å²) in [6.45, 7) is 3.89. The van der Waals surface area contributed by atoms with Crippen LogP contribution in [-0.2, 0) is 11.3 Å². The zero-order chi connectivity index (χ0) is 12.1. The van der Waals surface area contributed by atoms with E-state index in [2.05, 4.69) is 46.4 Å². The zero-order valence-corrected chi connectivity index (χ0v) is 11.9. The largest absolute Gasteiger partial charge is 0.372 e. The van der Waals surface area contributed by atoms with Gasteiger partial charge in [0.25, 0.3) is 0 Å². The molecule has 0 aromatic heterocycles. The minimum Gasteiger partial charge on any atom is -0.372 e. The van der Waals surface area contributed by atoms with Gasteiger partial charge < -0.3 is 10.1 Å². The molecule has 2 nitrogen and oxygen atoms in total. The number of likely N-dealkylation sites (N-methyl/N-ethyl adjacent to an activating group) is 1. The van der Waals surface area contributed by atoms with E-state index in [1.807, 2.05) is 6.07 Å². The maximum atomic E-state index is 6.04. The predicted molar refractivity (Wildman–Crippen MR) is 74.0 cm³/mol. The van der Waals surface area contributed by atoms with Crippen LogP contribution in [0.3, 0.4) is 0 Å². The lowest BCUT2D eigenvalue weighted by Gasteiger charge is -2.21. The number of nitrogens with one attached hydrogen (secondary N) is 1. The van der Waals surface area contributed by atoms with Crippen molar-refractivity contribution in [2.24, 2.45) is 0 Å². The number of hydrogen-bond donors (Lipinski definition) is 1. The third-order valence-corrected chi connectivity index (χ3v) is 4.10. The van der Waals surface area contributed by atoms with Crippen LogP contribution in [0.25, 0.3) is 0 Å². The second kappa shape index (κ2) is 6.53. The Morgan fingerprint density at radius 1 is 1.35 bits per heavy atom. The molecule has 1 fully saturated rings. The normalized spacial score (nSPS) is 24.1. The van der Waals surface area contributed by atoms with Crippen molar-refractivity contribution in [1.82, 2.24) is 5.32 Å². The molecule has 0 heterocycles. The molecule has 17 heavy (non-hydrogen) atoms. The molecule has 94 valence electrons. The number of ether oxygens (including phenoxy) is 1. The number of rotatable bonds is 5. The Morgan fingerprint density at radius 3 is 2.94 bits per heavy atom. The van der Waals surface area contributed by atoms with Crippen LogP contribution < -0.4 is 5.32 Å². The van der Waals surface area contributed by atoms with Gasteiger partial charge in [0.15, 0.2) is 0 Å². The van der Waals surface area contributed by atoms with Crippen LogP contribution >= 0.6 is 15.9 Å². The summed E-state index contributed by atoms with van der Waals surface area (Å²) in [5.74, 6) is 0. The molecule has 1 aliphatic rings. The van der Waals surface area contributed by atoms with Crippen LogP contribution in [0.5, 0.6) is 0 Å². The van der Waals surface area contributed by atoms with Gasteiger partial charge in [0.1, 0.15) is 0 Å². The van der Waals surface area contributed by atoms with E-state index in [0.717, 1.165) is 11.0 Å². The highest BCUT2D eigenvalue weighted by Gasteiger charge is 2.27. The van der Waals surface area contributed by atoms with Crippen LogP contribution in [0, 0.1) is 0 Å². The third kappa shape index (κ3) is 3.54. The summed E-state index contributed by atoms with van der Waals surface area (Å²) in [7, 11) is 0. The maximum absolute atomic E-state index is 6.04. The van der Waals surface area contributed by atoms with Crippen molar-refractivity contribution in [3.05, 3.63) is 34.3 Å². The van der Waals surface area contributed by atoms with Crippen molar-refractivity contribution in [3.63, 3.8) is 0 Å². The molecule has 1 saturated carbocycles. The highest BCUT2D eigenvalue weighted by molar-refractivity contribution is 9.10. The van der Waals surface area contributed by atoms with Gasteiger partial charge in [-0.1, -0.05) is 41.1 Å². The fraction of sp³-hybridized carbons (Fsp3) is 0.571. The Kier molecular flexibility index (Phi) is 5.01. The second-order valence-electron chi connectivity index (χ2n) is 4.54. The third-order valence-electron chi connectivity index (χ3n) is 3.33. The fourth-order valence-corrected chi connectivity index (χ4v) is 2.83. The molecular weight excluding hydrogens is 278 g/mol. The molecule has 0 radical (unpaired) electrons. The Bertz CT molecular complexity index is 356. The summed E-state index contributed by atoms with van der Waals surface area (Å²) in [5.41, 5.74) is 1.23. The van der Waals surface area contributed by atoms with Crippen molar-refractivity contribution in [1.29, 1.82) is 0 Å². The Labute approximate surface area is 112 Å². The minimum atomic E-state index is 0.377. The van der Waals surface area contributed by atoms with Gasteiger partial charge in [-0.3, -0.25) is 0 Å². The van der Waals surface area contributed by atoms with Crippen LogP contribution in [0.4, 0.5) is 0 Å². The van der Waals surface area contributed by atoms with E-state index in [1.54, 1.807) is 0 Å². The maximum Gasteiger partial charge on any atom is 0.0732 e. The first-order valence-electron chi connectivity index (χ1n) is 6.39. The minimum absolute atomic E-state index is 0.377. The molecule has 1 aliphatic carbocycles. The smallest absolute Gasteiger partial charge is 0.0732 e. The molecule has 0 amide bonds. The molecule has 0 aliphatic heterocycles. The van der Waals surface area contributed by atoms with Crippen molar-refractivity contribution in [2.75, 3.05) is 6.54 Å². The van der Waals surface area contributed by atoms with Crippen LogP contribution in [0.2, 0.25) is 0 Å². The molecule has 3 heteroatoms. The number of hydrogen-bond acceptors (Lipinski definition) is 2. The van der Waals surface area contributed by atoms with Crippen LogP contribution in [0.1, 0.15) is 31.7 Å². The van der Waals surface area contributed by atoms with Gasteiger partial charge >= 0.3 is 0 Å². The molecule has 2 atom stereocenters. The quantitative estimate of drug-likeness (QED) is 0.898. The lowest BCUT2D eigenvalue weighted by molar-refractivity contribution is 0.0280. The fourth-order valence-electron chi connectivity index (χ4n) is 2.43. The van der Waals surface area contributed by atoms with Gasteiger partial charge in [-0.05, 0) is 37.4 Å². The summed E-state index contributed by atoms with van der Waals surface area (Å²) in [6.07, 6.45) is 4.08. The summed E-state index contributed by atoms with van der Waals surface area (Å²) in [6, 6.07) is 8.81. The summed E-state index contributed by atoms with van der Waals surface area (Å²) in [4.78, 5) is 0. The Hall–Kier alpha value is -0.380. The number of benzene rings is 1. The van der Waals surface area contributed by atoms with Crippen molar-refractivity contribution >= 4 is 15.9 Å². The van der Waals surface area contributed by atoms with E-state index < -0.39 is 0 Å². The number of halogens is 1. The summed E-state index contributed by atoms with van der Waals surface area (Å²) < 4.78 is 7.18. The van der Waals surface area contributed by atoms with Gasteiger partial charge in [0, 0.05) is 10.5 Å². The molecule has 2 rings (SSSR count). The summed E-state index contributed by atoms with van der Waals surface area (Å²) in [5, 5.41) is 3.51. The first kappa shape index (κ1) is 13.1. The monoisotopic (exact) mass is 297 g/mol. The van der Waals surface area contributed by atoms with E-state index in [4.69, 9.17) is 4.74 Å². The van der Waals surface area contributed by atoms with Gasteiger partial charge in [0.2, 0.25) is 0 Å². The highest BCUT2D eigenvalue weighted by atomic mass is 79.9. The molecule has 1 N–H and O–H groups in total. The van der Waals surface area contributed by atoms with Gasteiger partial charge in [-0.2, -0.15) is 0 Å². The van der Waals surface area contributed by atoms with Crippen LogP contribution in [-0.4, -0.2) is 18.7 Å². The predicted octanol–water partition coefficient (Wildman–Crippen LogP) is 3.50. The van der Waals surface area contributed by atoms with E-state index in [0.29, 0.717) is 18.8 Å². The zero-order valence-electron chi connectivity index (χ0n) is 10.3. The van der Waals surface area contributed by atoms with E-state index >= 15 is 0 Å². The Balaban J connectivity index is 1.87. The molecule has 2 unspecified atom stereocenters. The molecule has 1 aromatic rings. The first-order valence-corrected chi connectivity index (χ1v) is 7.19. The average molecular weight is 298 g/mol. The average Bonchev–Trinajstić information content (AvgIpc) is 2.76. The van der Waals surface area contributed by atoms with Crippen LogP contribution in [0.15, 0.2) is 28.7 Å². The van der Waals surface area contributed by atoms with E-state index in [1.165, 1.54) is 24.8 Å². The molecule has 0 spiro atoms. The molecule has 1 aromatic carbocycles. The van der Waals surface area contributed by atoms with Crippen molar-refractivity contribution in [2.45, 2.75) is 44.9 Å². The van der Waals surface area contributed by atoms with Gasteiger partial charge in [-0.25, -0.2) is 0 Å². The lowest BCUT2D eigenvalue weighted by atomic mass is 10.2. The molecule has 0 saturated heterocycles. The van der Waals surface area contributed by atoms with Crippen molar-refractivity contribution < 1.29 is 4.74 Å². The molecule has 0 bridgehead atoms. The van der Waals surface area contributed by atoms with E-state index in [9.17, 15) is 0 Å². The topological polar surface area (TPSA) is 21.3 Å². The second-order valence-corrected chi connectivity index (χ2v) is 5.39. The summed E-state index contributed by atoms with van der Waals surface area (Å²) >= 11 is 3.56.